The molecule has 1 aromatic carbocycles. The van der Waals surface area contributed by atoms with E-state index >= 15 is 0 Å². The van der Waals surface area contributed by atoms with Crippen LogP contribution in [0.25, 0.3) is 0 Å². The van der Waals surface area contributed by atoms with E-state index < -0.39 is 10.0 Å². The van der Waals surface area contributed by atoms with Crippen molar-refractivity contribution in [3.8, 4) is 6.07 Å². The molecule has 0 aliphatic carbocycles. The van der Waals surface area contributed by atoms with Crippen LogP contribution < -0.4 is 0 Å². The maximum absolute atomic E-state index is 12.4. The molecule has 0 N–H and O–H groups in total. The Balaban J connectivity index is 2.10. The van der Waals surface area contributed by atoms with Crippen LogP contribution in [-0.2, 0) is 15.8 Å². The summed E-state index contributed by atoms with van der Waals surface area (Å²) in [7, 11) is -3.32. The average molecular weight is 292 g/mol. The summed E-state index contributed by atoms with van der Waals surface area (Å²) in [5, 5.41) is 9.03. The molecule has 0 radical (unpaired) electrons. The van der Waals surface area contributed by atoms with E-state index in [0.717, 1.165) is 19.3 Å². The highest BCUT2D eigenvalue weighted by atomic mass is 32.2. The maximum atomic E-state index is 12.4. The first-order valence-electron chi connectivity index (χ1n) is 7.02. The van der Waals surface area contributed by atoms with Gasteiger partial charge in [0.1, 0.15) is 0 Å². The van der Waals surface area contributed by atoms with Gasteiger partial charge >= 0.3 is 0 Å². The third kappa shape index (κ3) is 3.38. The molecule has 1 saturated heterocycles. The first-order valence-corrected chi connectivity index (χ1v) is 8.63. The first kappa shape index (κ1) is 15.0. The van der Waals surface area contributed by atoms with Gasteiger partial charge < -0.3 is 0 Å². The normalized spacial score (nSPS) is 17.8. The van der Waals surface area contributed by atoms with Gasteiger partial charge in [-0.2, -0.15) is 5.26 Å². The molecule has 0 unspecified atom stereocenters. The Morgan fingerprint density at radius 2 is 1.95 bits per heavy atom. The van der Waals surface area contributed by atoms with Gasteiger partial charge in [0, 0.05) is 13.1 Å². The van der Waals surface area contributed by atoms with Gasteiger partial charge in [-0.3, -0.25) is 0 Å². The summed E-state index contributed by atoms with van der Waals surface area (Å²) in [6.07, 6.45) is 3.00. The second kappa shape index (κ2) is 6.38. The zero-order valence-corrected chi connectivity index (χ0v) is 12.6. The quantitative estimate of drug-likeness (QED) is 0.856. The Bertz CT molecular complexity index is 597. The largest absolute Gasteiger partial charge is 0.218 e. The summed E-state index contributed by atoms with van der Waals surface area (Å²) in [6, 6.07) is 8.96. The van der Waals surface area contributed by atoms with Gasteiger partial charge in [0.2, 0.25) is 10.0 Å². The smallest absolute Gasteiger partial charge is 0.212 e. The molecule has 1 fully saturated rings. The number of hydrogen-bond acceptors (Lipinski definition) is 3. The van der Waals surface area contributed by atoms with Crippen molar-refractivity contribution >= 4 is 10.0 Å². The number of piperidine rings is 1. The Labute approximate surface area is 121 Å². The molecule has 0 atom stereocenters. The molecule has 0 bridgehead atoms. The summed E-state index contributed by atoms with van der Waals surface area (Å²) in [6.45, 7) is 3.36. The zero-order valence-electron chi connectivity index (χ0n) is 11.7. The summed E-state index contributed by atoms with van der Waals surface area (Å²) >= 11 is 0. The first-order chi connectivity index (χ1) is 9.56. The Hall–Kier alpha value is -1.38. The van der Waals surface area contributed by atoms with Crippen LogP contribution in [0.15, 0.2) is 24.3 Å². The van der Waals surface area contributed by atoms with Crippen molar-refractivity contribution in [1.82, 2.24) is 4.31 Å². The molecule has 1 aromatic rings. The minimum absolute atomic E-state index is 0.0759. The summed E-state index contributed by atoms with van der Waals surface area (Å²) in [5.41, 5.74) is 1.03. The third-order valence-corrected chi connectivity index (χ3v) is 5.85. The van der Waals surface area contributed by atoms with Crippen LogP contribution >= 0.6 is 0 Å². The van der Waals surface area contributed by atoms with Crippen molar-refractivity contribution in [2.75, 3.05) is 13.1 Å². The fourth-order valence-electron chi connectivity index (χ4n) is 2.64. The van der Waals surface area contributed by atoms with E-state index in [9.17, 15) is 8.42 Å². The van der Waals surface area contributed by atoms with E-state index in [2.05, 4.69) is 13.0 Å². The fourth-order valence-corrected chi connectivity index (χ4v) is 4.23. The number of sulfonamides is 1. The number of rotatable bonds is 4. The van der Waals surface area contributed by atoms with Gasteiger partial charge in [0.15, 0.2) is 0 Å². The lowest BCUT2D eigenvalue weighted by Gasteiger charge is -2.30. The van der Waals surface area contributed by atoms with Crippen LogP contribution in [0.3, 0.4) is 0 Å². The topological polar surface area (TPSA) is 61.2 Å². The average Bonchev–Trinajstić information content (AvgIpc) is 2.47. The lowest BCUT2D eigenvalue weighted by atomic mass is 9.96. The molecular weight excluding hydrogens is 272 g/mol. The van der Waals surface area contributed by atoms with E-state index in [-0.39, 0.29) is 5.75 Å². The van der Waals surface area contributed by atoms with E-state index in [1.54, 1.807) is 28.6 Å². The molecule has 1 aliphatic rings. The fraction of sp³-hybridized carbons (Fsp3) is 0.533. The van der Waals surface area contributed by atoms with Crippen LogP contribution in [-0.4, -0.2) is 25.8 Å². The number of benzene rings is 1. The Morgan fingerprint density at radius 1 is 1.30 bits per heavy atom. The Kier molecular flexibility index (Phi) is 4.79. The minimum atomic E-state index is -3.32. The van der Waals surface area contributed by atoms with Crippen molar-refractivity contribution in [2.45, 2.75) is 31.9 Å². The van der Waals surface area contributed by atoms with E-state index in [4.69, 9.17) is 5.26 Å². The van der Waals surface area contributed by atoms with Gasteiger partial charge in [0.05, 0.1) is 17.4 Å². The highest BCUT2D eigenvalue weighted by Crippen LogP contribution is 2.24. The van der Waals surface area contributed by atoms with E-state index in [0.29, 0.717) is 30.1 Å². The molecule has 0 amide bonds. The predicted molar refractivity (Wildman–Crippen MR) is 78.4 cm³/mol. The zero-order chi connectivity index (χ0) is 14.6. The number of hydrogen-bond donors (Lipinski definition) is 0. The maximum Gasteiger partial charge on any atom is 0.218 e. The van der Waals surface area contributed by atoms with E-state index in [1.165, 1.54) is 0 Å². The van der Waals surface area contributed by atoms with Crippen molar-refractivity contribution in [1.29, 1.82) is 5.26 Å². The molecule has 1 heterocycles. The van der Waals surface area contributed by atoms with Crippen LogP contribution in [0.2, 0.25) is 0 Å². The third-order valence-electron chi connectivity index (χ3n) is 4.02. The van der Waals surface area contributed by atoms with Gasteiger partial charge in [-0.15, -0.1) is 0 Å². The number of nitriles is 1. The predicted octanol–water partition coefficient (Wildman–Crippen LogP) is 2.51. The summed E-state index contributed by atoms with van der Waals surface area (Å²) < 4.78 is 26.4. The standard InChI is InChI=1S/C15H20N2O2S/c1-2-13-7-9-17(10-8-13)20(18,19)12-15-6-4-3-5-14(15)11-16/h3-6,13H,2,7-10,12H2,1H3. The van der Waals surface area contributed by atoms with Crippen LogP contribution in [0, 0.1) is 17.2 Å². The molecule has 0 saturated carbocycles. The van der Waals surface area contributed by atoms with Gasteiger partial charge in [-0.1, -0.05) is 31.5 Å². The molecule has 1 aliphatic heterocycles. The second-order valence-electron chi connectivity index (χ2n) is 5.28. The van der Waals surface area contributed by atoms with Gasteiger partial charge in [-0.05, 0) is 30.4 Å². The monoisotopic (exact) mass is 292 g/mol. The van der Waals surface area contributed by atoms with Gasteiger partial charge in [0.25, 0.3) is 0 Å². The molecule has 0 aromatic heterocycles. The minimum Gasteiger partial charge on any atom is -0.212 e. The van der Waals surface area contributed by atoms with Crippen LogP contribution in [0.5, 0.6) is 0 Å². The Morgan fingerprint density at radius 3 is 2.55 bits per heavy atom. The van der Waals surface area contributed by atoms with Crippen molar-refractivity contribution in [2.24, 2.45) is 5.92 Å². The van der Waals surface area contributed by atoms with Crippen molar-refractivity contribution in [3.63, 3.8) is 0 Å². The summed E-state index contributed by atoms with van der Waals surface area (Å²) in [5.74, 6) is 0.570. The molecule has 108 valence electrons. The molecule has 20 heavy (non-hydrogen) atoms. The van der Waals surface area contributed by atoms with Crippen LogP contribution in [0.1, 0.15) is 37.3 Å². The molecule has 0 spiro atoms. The van der Waals surface area contributed by atoms with Crippen molar-refractivity contribution < 1.29 is 8.42 Å². The lowest BCUT2D eigenvalue weighted by molar-refractivity contribution is 0.269. The molecule has 4 nitrogen and oxygen atoms in total. The molecule has 2 rings (SSSR count). The highest BCUT2D eigenvalue weighted by Gasteiger charge is 2.27. The summed E-state index contributed by atoms with van der Waals surface area (Å²) in [4.78, 5) is 0. The SMILES string of the molecule is CCC1CCN(S(=O)(=O)Cc2ccccc2C#N)CC1. The highest BCUT2D eigenvalue weighted by molar-refractivity contribution is 7.88. The van der Waals surface area contributed by atoms with Gasteiger partial charge in [-0.25, -0.2) is 12.7 Å². The molecular formula is C15H20N2O2S. The second-order valence-corrected chi connectivity index (χ2v) is 7.24. The van der Waals surface area contributed by atoms with E-state index in [1.807, 2.05) is 0 Å². The van der Waals surface area contributed by atoms with Crippen LogP contribution in [0.4, 0.5) is 0 Å². The molecule has 5 heteroatoms. The van der Waals surface area contributed by atoms with Crippen molar-refractivity contribution in [3.05, 3.63) is 35.4 Å². The lowest BCUT2D eigenvalue weighted by Crippen LogP contribution is -2.39. The number of nitrogens with zero attached hydrogens (tertiary/aromatic N) is 2.